The lowest BCUT2D eigenvalue weighted by molar-refractivity contribution is -0.155. The van der Waals surface area contributed by atoms with Gasteiger partial charge in [-0.15, -0.1) is 0 Å². The molecule has 0 spiro atoms. The van der Waals surface area contributed by atoms with Crippen LogP contribution >= 0.6 is 0 Å². The number of hydrogen-bond acceptors (Lipinski definition) is 11. The summed E-state index contributed by atoms with van der Waals surface area (Å²) in [6.45, 7) is 11.0. The lowest BCUT2D eigenvalue weighted by Gasteiger charge is -2.38. The predicted octanol–water partition coefficient (Wildman–Crippen LogP) is 6.07. The molecule has 0 unspecified atom stereocenters. The maximum Gasteiger partial charge on any atom is 0.324 e. The first-order valence-electron chi connectivity index (χ1n) is 25.8. The number of benzene rings is 2. The summed E-state index contributed by atoms with van der Waals surface area (Å²) in [5.74, 6) is -1.57. The Labute approximate surface area is 417 Å². The van der Waals surface area contributed by atoms with Crippen LogP contribution in [-0.4, -0.2) is 130 Å². The second-order valence-corrected chi connectivity index (χ2v) is 21.6. The van der Waals surface area contributed by atoms with Gasteiger partial charge in [-0.05, 0) is 136 Å². The van der Waals surface area contributed by atoms with Crippen molar-refractivity contribution in [1.29, 1.82) is 0 Å². The lowest BCUT2D eigenvalue weighted by atomic mass is 9.84. The third-order valence-corrected chi connectivity index (χ3v) is 15.9. The molecule has 6 bridgehead atoms. The number of carbonyl (C=O) groups is 5. The number of cyclic esters (lactones) is 1. The van der Waals surface area contributed by atoms with Crippen molar-refractivity contribution in [2.75, 3.05) is 34.4 Å². The minimum absolute atomic E-state index is 0.00197. The number of aryl methyl sites for hydroxylation is 1. The maximum atomic E-state index is 15.0. The molecule has 4 fully saturated rings. The molecule has 71 heavy (non-hydrogen) atoms. The normalized spacial score (nSPS) is 23.9. The van der Waals surface area contributed by atoms with Crippen molar-refractivity contribution in [2.45, 2.75) is 148 Å². The van der Waals surface area contributed by atoms with Gasteiger partial charge in [0.15, 0.2) is 0 Å². The van der Waals surface area contributed by atoms with Gasteiger partial charge >= 0.3 is 5.97 Å². The molecular formula is C55H72N8O8. The summed E-state index contributed by atoms with van der Waals surface area (Å²) >= 11 is 0. The number of phenols is 1. The van der Waals surface area contributed by atoms with E-state index in [4.69, 9.17) is 14.5 Å². The minimum atomic E-state index is -1.16. The fourth-order valence-corrected chi connectivity index (χ4v) is 11.6. The number of nitrogens with zero attached hydrogens (tertiary/aromatic N) is 5. The summed E-state index contributed by atoms with van der Waals surface area (Å²) in [7, 11) is 4.94. The number of phenolic OH excluding ortho intramolecular Hbond substituents is 1. The number of pyridine rings is 1. The first-order valence-corrected chi connectivity index (χ1v) is 25.8. The predicted molar refractivity (Wildman–Crippen MR) is 270 cm³/mol. The second kappa shape index (κ2) is 20.3. The highest BCUT2D eigenvalue weighted by Crippen LogP contribution is 2.43. The van der Waals surface area contributed by atoms with Crippen molar-refractivity contribution in [1.82, 2.24) is 40.4 Å². The highest BCUT2D eigenvalue weighted by atomic mass is 16.5. The number of rotatable bonds is 12. The van der Waals surface area contributed by atoms with Crippen LogP contribution in [0.4, 0.5) is 0 Å². The Morgan fingerprint density at radius 1 is 0.986 bits per heavy atom. The van der Waals surface area contributed by atoms with Crippen molar-refractivity contribution < 1.29 is 38.6 Å². The van der Waals surface area contributed by atoms with Crippen molar-refractivity contribution in [3.8, 4) is 28.1 Å². The van der Waals surface area contributed by atoms with E-state index in [9.17, 15) is 29.1 Å². The van der Waals surface area contributed by atoms with E-state index in [2.05, 4.69) is 59.6 Å². The minimum Gasteiger partial charge on any atom is -0.508 e. The van der Waals surface area contributed by atoms with E-state index in [0.717, 1.165) is 83.1 Å². The van der Waals surface area contributed by atoms with Crippen LogP contribution in [0.1, 0.15) is 109 Å². The third-order valence-electron chi connectivity index (χ3n) is 15.9. The van der Waals surface area contributed by atoms with Gasteiger partial charge in [0.2, 0.25) is 17.7 Å². The highest BCUT2D eigenvalue weighted by molar-refractivity contribution is 5.97. The largest absolute Gasteiger partial charge is 0.508 e. The molecule has 4 amide bonds. The van der Waals surface area contributed by atoms with Crippen molar-refractivity contribution in [3.63, 3.8) is 0 Å². The number of nitrogens with one attached hydrogen (secondary N) is 3. The van der Waals surface area contributed by atoms with Gasteiger partial charge in [-0.1, -0.05) is 38.8 Å². The molecule has 4 aromatic rings. The number of aromatic hydroxyl groups is 1. The molecule has 3 aliphatic heterocycles. The molecule has 2 aromatic heterocycles. The van der Waals surface area contributed by atoms with Gasteiger partial charge in [-0.3, -0.25) is 39.3 Å². The van der Waals surface area contributed by atoms with E-state index in [1.54, 1.807) is 46.5 Å². The number of aromatic nitrogens is 2. The second-order valence-electron chi connectivity index (χ2n) is 21.6. The Bertz CT molecular complexity index is 2690. The Kier molecular flexibility index (Phi) is 14.4. The third kappa shape index (κ3) is 10.3. The van der Waals surface area contributed by atoms with Crippen molar-refractivity contribution in [2.24, 2.45) is 17.3 Å². The lowest BCUT2D eigenvalue weighted by Crippen LogP contribution is -2.62. The van der Waals surface area contributed by atoms with Gasteiger partial charge in [0, 0.05) is 74.8 Å². The van der Waals surface area contributed by atoms with Crippen LogP contribution in [0, 0.1) is 17.3 Å². The monoisotopic (exact) mass is 973 g/mol. The van der Waals surface area contributed by atoms with Crippen LogP contribution < -0.4 is 16.1 Å². The van der Waals surface area contributed by atoms with Crippen LogP contribution in [0.15, 0.2) is 54.7 Å². The zero-order valence-electron chi connectivity index (χ0n) is 42.6. The van der Waals surface area contributed by atoms with Gasteiger partial charge in [0.1, 0.15) is 36.0 Å². The van der Waals surface area contributed by atoms with Crippen molar-refractivity contribution >= 4 is 40.5 Å². The Balaban J connectivity index is 1.09. The number of carbonyl (C=O) groups excluding carboxylic acids is 5. The topological polar surface area (TPSA) is 198 Å². The Morgan fingerprint density at radius 3 is 2.46 bits per heavy atom. The quantitative estimate of drug-likeness (QED) is 0.0951. The number of ether oxygens (including phenoxy) is 2. The summed E-state index contributed by atoms with van der Waals surface area (Å²) < 4.78 is 14.3. The molecule has 2 saturated carbocycles. The first kappa shape index (κ1) is 50.1. The van der Waals surface area contributed by atoms with Gasteiger partial charge < -0.3 is 34.3 Å². The molecule has 2 aromatic carbocycles. The van der Waals surface area contributed by atoms with E-state index in [1.807, 2.05) is 25.1 Å². The molecule has 16 nitrogen and oxygen atoms in total. The van der Waals surface area contributed by atoms with E-state index in [0.29, 0.717) is 37.3 Å². The standard InChI is InChI=1S/C55H72N8O8/c1-9-62-44-21-20-36-28-40(44)41(49(62)39-16-12-22-56-45(39)32(3)70-8)29-55(4,5)30-71-54(69)42-17-13-23-63(59-42)52(67)43(26-33-24-37(36)27-38(64)25-33)57-50(65)48(35-14-10-11-15-35)61(7)51(66)31(2)60(6)53(68)47-46(58-47)34-18-19-34/h12,16,20-22,24-25,27-28,31-32,34-35,42-43,46-48,58-59,64H,9-11,13-15,17-19,23,26,29-30H2,1-8H3,(H,57,65)/t31-,32-,42-,43-,46+,47+,48-/m0/s1. The molecular weight excluding hydrogens is 901 g/mol. The number of likely N-dealkylation sites (N-methyl/N-ethyl adjacent to an activating group) is 2. The molecule has 5 aliphatic rings. The smallest absolute Gasteiger partial charge is 0.324 e. The van der Waals surface area contributed by atoms with Crippen LogP contribution in [0.2, 0.25) is 0 Å². The summed E-state index contributed by atoms with van der Waals surface area (Å²) in [6.07, 6.45) is 8.44. The van der Waals surface area contributed by atoms with Gasteiger partial charge in [-0.25, -0.2) is 5.43 Å². The Morgan fingerprint density at radius 2 is 1.75 bits per heavy atom. The molecule has 5 heterocycles. The van der Waals surface area contributed by atoms with Gasteiger partial charge in [0.05, 0.1) is 24.1 Å². The van der Waals surface area contributed by atoms with E-state index < -0.39 is 47.4 Å². The summed E-state index contributed by atoms with van der Waals surface area (Å²) in [5.41, 5.74) is 9.62. The SMILES string of the molecule is CCn1c(-c2cccnc2[C@H](C)OC)c2c3cc(ccc31)-c1cc(O)cc(c1)C[C@H](NC(=O)[C@H](C1CCCC1)N(C)C(=O)[C@H](C)N(C)C(=O)[C@@H]1N[C@@H]1C1CC1)C(=O)N1CCC[C@H](N1)C(=O)OCC(C)(C)C2. The molecule has 2 aliphatic carbocycles. The Hall–Kier alpha value is -5.84. The summed E-state index contributed by atoms with van der Waals surface area (Å²) in [5, 5.41) is 20.2. The zero-order chi connectivity index (χ0) is 50.5. The maximum absolute atomic E-state index is 15.0. The molecule has 4 N–H and O–H groups in total. The van der Waals surface area contributed by atoms with Crippen LogP contribution in [0.3, 0.4) is 0 Å². The average molecular weight is 973 g/mol. The number of fused-ring (bicyclic) bond motifs is 6. The molecule has 9 rings (SSSR count). The van der Waals surface area contributed by atoms with Crippen LogP contribution in [0.5, 0.6) is 5.75 Å². The highest BCUT2D eigenvalue weighted by Gasteiger charge is 2.52. The molecule has 0 radical (unpaired) electrons. The number of amides is 4. The van der Waals surface area contributed by atoms with Crippen LogP contribution in [-0.2, 0) is 52.8 Å². The van der Waals surface area contributed by atoms with Gasteiger partial charge in [-0.2, -0.15) is 0 Å². The summed E-state index contributed by atoms with van der Waals surface area (Å²) in [6, 6.07) is 11.7. The first-order chi connectivity index (χ1) is 34.0. The molecule has 2 saturated heterocycles. The van der Waals surface area contributed by atoms with E-state index in [-0.39, 0.29) is 61.2 Å². The summed E-state index contributed by atoms with van der Waals surface area (Å²) in [4.78, 5) is 79.6. The average Bonchev–Trinajstić information content (AvgIpc) is 4.29. The van der Waals surface area contributed by atoms with Crippen molar-refractivity contribution in [3.05, 3.63) is 71.5 Å². The van der Waals surface area contributed by atoms with Gasteiger partial charge in [0.25, 0.3) is 5.91 Å². The molecule has 7 atom stereocenters. The van der Waals surface area contributed by atoms with Crippen LogP contribution in [0.25, 0.3) is 33.3 Å². The number of hydrazine groups is 1. The zero-order valence-corrected chi connectivity index (χ0v) is 42.6. The number of hydrogen-bond donors (Lipinski definition) is 4. The number of methoxy groups -OCH3 is 1. The molecule has 16 heteroatoms. The fraction of sp³-hybridized carbons (Fsp3) is 0.564. The van der Waals surface area contributed by atoms with E-state index >= 15 is 0 Å². The van der Waals surface area contributed by atoms with E-state index in [1.165, 1.54) is 14.8 Å². The molecule has 380 valence electrons. The fourth-order valence-electron chi connectivity index (χ4n) is 11.6. The number of esters is 1.